The van der Waals surface area contributed by atoms with Crippen molar-refractivity contribution in [3.05, 3.63) is 35.9 Å². The molecule has 1 aromatic carbocycles. The van der Waals surface area contributed by atoms with Gasteiger partial charge in [-0.15, -0.1) is 0 Å². The van der Waals surface area contributed by atoms with Crippen LogP contribution in [-0.4, -0.2) is 42.9 Å². The predicted octanol–water partition coefficient (Wildman–Crippen LogP) is 1.83. The Labute approximate surface area is 103 Å². The molecule has 1 fully saturated rings. The first kappa shape index (κ1) is 12.6. The topological polar surface area (TPSA) is 32.7 Å². The number of likely N-dealkylation sites (N-methyl/N-ethyl adjacent to an activating group) is 1. The molecule has 3 nitrogen and oxygen atoms in total. The van der Waals surface area contributed by atoms with Gasteiger partial charge in [0.1, 0.15) is 0 Å². The molecule has 2 atom stereocenters. The first-order valence-electron chi connectivity index (χ1n) is 6.28. The van der Waals surface area contributed by atoms with Crippen LogP contribution in [0.25, 0.3) is 0 Å². The fourth-order valence-electron chi connectivity index (χ4n) is 2.22. The van der Waals surface area contributed by atoms with E-state index in [-0.39, 0.29) is 6.10 Å². The average Bonchev–Trinajstić information content (AvgIpc) is 2.90. The van der Waals surface area contributed by atoms with Gasteiger partial charge in [0, 0.05) is 19.2 Å². The van der Waals surface area contributed by atoms with Gasteiger partial charge in [0.15, 0.2) is 0 Å². The van der Waals surface area contributed by atoms with Crippen molar-refractivity contribution in [2.45, 2.75) is 25.0 Å². The van der Waals surface area contributed by atoms with Gasteiger partial charge in [-0.3, -0.25) is 0 Å². The van der Waals surface area contributed by atoms with Crippen LogP contribution in [0.15, 0.2) is 30.3 Å². The van der Waals surface area contributed by atoms with E-state index in [1.807, 2.05) is 30.3 Å². The van der Waals surface area contributed by atoms with Crippen LogP contribution in [0.2, 0.25) is 0 Å². The molecule has 0 aliphatic carbocycles. The summed E-state index contributed by atoms with van der Waals surface area (Å²) >= 11 is 0. The van der Waals surface area contributed by atoms with Gasteiger partial charge < -0.3 is 14.7 Å². The zero-order valence-corrected chi connectivity index (χ0v) is 10.4. The summed E-state index contributed by atoms with van der Waals surface area (Å²) in [5.74, 6) is 0. The van der Waals surface area contributed by atoms with Gasteiger partial charge >= 0.3 is 0 Å². The lowest BCUT2D eigenvalue weighted by Gasteiger charge is -2.24. The summed E-state index contributed by atoms with van der Waals surface area (Å²) in [5.41, 5.74) is 1.00. The van der Waals surface area contributed by atoms with Crippen molar-refractivity contribution in [2.75, 3.05) is 26.8 Å². The summed E-state index contributed by atoms with van der Waals surface area (Å²) in [6.07, 6.45) is 1.52. The molecule has 2 rings (SSSR count). The summed E-state index contributed by atoms with van der Waals surface area (Å²) in [6.45, 7) is 2.61. The second kappa shape index (κ2) is 6.15. The molecule has 1 saturated heterocycles. The maximum atomic E-state index is 10.1. The number of hydrogen-bond acceptors (Lipinski definition) is 3. The number of rotatable bonds is 5. The van der Waals surface area contributed by atoms with Crippen LogP contribution in [0.1, 0.15) is 24.5 Å². The van der Waals surface area contributed by atoms with E-state index in [2.05, 4.69) is 11.9 Å². The third-order valence-electron chi connectivity index (χ3n) is 3.47. The summed E-state index contributed by atoms with van der Waals surface area (Å²) in [7, 11) is 2.11. The van der Waals surface area contributed by atoms with E-state index in [1.54, 1.807) is 0 Å². The lowest BCUT2D eigenvalue weighted by Crippen LogP contribution is -2.33. The van der Waals surface area contributed by atoms with Crippen molar-refractivity contribution in [3.63, 3.8) is 0 Å². The standard InChI is InChI=1S/C14H21NO2/c1-15(13-8-10-17-11-13)9-7-14(16)12-5-3-2-4-6-12/h2-6,13-14,16H,7-11H2,1H3/t13?,14-/m1/s1. The summed E-state index contributed by atoms with van der Waals surface area (Å²) < 4.78 is 5.37. The summed E-state index contributed by atoms with van der Waals surface area (Å²) in [5, 5.41) is 10.1. The van der Waals surface area contributed by atoms with Crippen LogP contribution in [-0.2, 0) is 4.74 Å². The molecule has 1 aliphatic heterocycles. The van der Waals surface area contributed by atoms with E-state index in [0.29, 0.717) is 6.04 Å². The van der Waals surface area contributed by atoms with Crippen LogP contribution < -0.4 is 0 Å². The van der Waals surface area contributed by atoms with E-state index in [9.17, 15) is 5.11 Å². The Morgan fingerprint density at radius 3 is 2.82 bits per heavy atom. The number of aliphatic hydroxyl groups excluding tert-OH is 1. The Morgan fingerprint density at radius 1 is 1.41 bits per heavy atom. The Kier molecular flexibility index (Phi) is 4.54. The van der Waals surface area contributed by atoms with Gasteiger partial charge in [-0.2, -0.15) is 0 Å². The van der Waals surface area contributed by atoms with Crippen LogP contribution in [0, 0.1) is 0 Å². The molecule has 0 amide bonds. The number of aliphatic hydroxyl groups is 1. The molecule has 1 aromatic rings. The minimum atomic E-state index is -0.360. The maximum absolute atomic E-state index is 10.1. The van der Waals surface area contributed by atoms with E-state index >= 15 is 0 Å². The molecule has 17 heavy (non-hydrogen) atoms. The number of ether oxygens (including phenoxy) is 1. The van der Waals surface area contributed by atoms with Crippen LogP contribution in [0.3, 0.4) is 0 Å². The molecule has 0 spiro atoms. The fourth-order valence-corrected chi connectivity index (χ4v) is 2.22. The Bertz CT molecular complexity index is 322. The van der Waals surface area contributed by atoms with Crippen LogP contribution in [0.5, 0.6) is 0 Å². The molecule has 1 aliphatic rings. The molecular weight excluding hydrogens is 214 g/mol. The number of nitrogens with zero attached hydrogens (tertiary/aromatic N) is 1. The second-order valence-corrected chi connectivity index (χ2v) is 4.71. The lowest BCUT2D eigenvalue weighted by atomic mass is 10.1. The predicted molar refractivity (Wildman–Crippen MR) is 67.9 cm³/mol. The van der Waals surface area contributed by atoms with Gasteiger partial charge in [0.25, 0.3) is 0 Å². The van der Waals surface area contributed by atoms with Crippen LogP contribution in [0.4, 0.5) is 0 Å². The van der Waals surface area contributed by atoms with Crippen molar-refractivity contribution in [3.8, 4) is 0 Å². The van der Waals surface area contributed by atoms with Crippen molar-refractivity contribution < 1.29 is 9.84 Å². The molecule has 0 radical (unpaired) electrons. The van der Waals surface area contributed by atoms with E-state index in [0.717, 1.165) is 38.2 Å². The monoisotopic (exact) mass is 235 g/mol. The molecular formula is C14H21NO2. The molecule has 0 bridgehead atoms. The highest BCUT2D eigenvalue weighted by Gasteiger charge is 2.20. The first-order chi connectivity index (χ1) is 8.27. The number of hydrogen-bond donors (Lipinski definition) is 1. The number of benzene rings is 1. The molecule has 94 valence electrons. The van der Waals surface area contributed by atoms with Gasteiger partial charge in [-0.1, -0.05) is 30.3 Å². The normalized spacial score (nSPS) is 21.9. The highest BCUT2D eigenvalue weighted by atomic mass is 16.5. The molecule has 1 N–H and O–H groups in total. The Balaban J connectivity index is 1.77. The lowest BCUT2D eigenvalue weighted by molar-refractivity contribution is 0.124. The van der Waals surface area contributed by atoms with Crippen molar-refractivity contribution in [2.24, 2.45) is 0 Å². The maximum Gasteiger partial charge on any atom is 0.0802 e. The Hall–Kier alpha value is -0.900. The van der Waals surface area contributed by atoms with E-state index in [1.165, 1.54) is 0 Å². The van der Waals surface area contributed by atoms with E-state index < -0.39 is 0 Å². The highest BCUT2D eigenvalue weighted by Crippen LogP contribution is 2.18. The minimum absolute atomic E-state index is 0.360. The van der Waals surface area contributed by atoms with Gasteiger partial charge in [0.2, 0.25) is 0 Å². The summed E-state index contributed by atoms with van der Waals surface area (Å²) in [4.78, 5) is 2.29. The highest BCUT2D eigenvalue weighted by molar-refractivity contribution is 5.17. The van der Waals surface area contributed by atoms with Gasteiger partial charge in [-0.05, 0) is 25.5 Å². The molecule has 0 saturated carbocycles. The third kappa shape index (κ3) is 3.53. The molecule has 0 aromatic heterocycles. The summed E-state index contributed by atoms with van der Waals surface area (Å²) in [6, 6.07) is 10.4. The minimum Gasteiger partial charge on any atom is -0.388 e. The van der Waals surface area contributed by atoms with Crippen molar-refractivity contribution in [1.82, 2.24) is 4.90 Å². The van der Waals surface area contributed by atoms with Crippen molar-refractivity contribution >= 4 is 0 Å². The molecule has 3 heteroatoms. The Morgan fingerprint density at radius 2 is 2.18 bits per heavy atom. The van der Waals surface area contributed by atoms with Gasteiger partial charge in [0.05, 0.1) is 12.7 Å². The largest absolute Gasteiger partial charge is 0.388 e. The van der Waals surface area contributed by atoms with E-state index in [4.69, 9.17) is 4.74 Å². The second-order valence-electron chi connectivity index (χ2n) is 4.71. The quantitative estimate of drug-likeness (QED) is 0.845. The zero-order valence-electron chi connectivity index (χ0n) is 10.4. The average molecular weight is 235 g/mol. The first-order valence-corrected chi connectivity index (χ1v) is 6.28. The smallest absolute Gasteiger partial charge is 0.0802 e. The third-order valence-corrected chi connectivity index (χ3v) is 3.47. The van der Waals surface area contributed by atoms with Crippen LogP contribution >= 0.6 is 0 Å². The van der Waals surface area contributed by atoms with Gasteiger partial charge in [-0.25, -0.2) is 0 Å². The SMILES string of the molecule is CN(CC[C@@H](O)c1ccccc1)C1CCOC1. The van der Waals surface area contributed by atoms with Crippen molar-refractivity contribution in [1.29, 1.82) is 0 Å². The zero-order chi connectivity index (χ0) is 12.1. The fraction of sp³-hybridized carbons (Fsp3) is 0.571. The molecule has 1 unspecified atom stereocenters. The molecule has 1 heterocycles.